The Bertz CT molecular complexity index is 740. The predicted octanol–water partition coefficient (Wildman–Crippen LogP) is 3.14. The van der Waals surface area contributed by atoms with E-state index >= 15 is 0 Å². The number of nitrogens with one attached hydrogen (secondary N) is 1. The first-order chi connectivity index (χ1) is 12.6. The van der Waals surface area contributed by atoms with Gasteiger partial charge in [0.2, 0.25) is 5.91 Å². The minimum absolute atomic E-state index is 0.00373. The molecule has 0 unspecified atom stereocenters. The number of carbonyl (C=O) groups is 2. The van der Waals surface area contributed by atoms with Crippen molar-refractivity contribution in [1.29, 1.82) is 0 Å². The smallest absolute Gasteiger partial charge is 0.306 e. The summed E-state index contributed by atoms with van der Waals surface area (Å²) in [5.41, 5.74) is 4.12. The van der Waals surface area contributed by atoms with Crippen LogP contribution in [0.15, 0.2) is 6.20 Å². The molecule has 0 bridgehead atoms. The zero-order valence-corrected chi connectivity index (χ0v) is 18.3. The van der Waals surface area contributed by atoms with Gasteiger partial charge in [-0.3, -0.25) is 9.59 Å². The molecule has 6 nitrogen and oxygen atoms in total. The van der Waals surface area contributed by atoms with Gasteiger partial charge in [-0.1, -0.05) is 39.4 Å². The van der Waals surface area contributed by atoms with Crippen LogP contribution in [0.25, 0.3) is 0 Å². The Morgan fingerprint density at radius 2 is 2.11 bits per heavy atom. The molecule has 0 radical (unpaired) electrons. The van der Waals surface area contributed by atoms with Crippen LogP contribution in [0.4, 0.5) is 0 Å². The molecule has 0 aliphatic carbocycles. The van der Waals surface area contributed by atoms with Gasteiger partial charge in [-0.2, -0.15) is 0 Å². The van der Waals surface area contributed by atoms with E-state index in [1.165, 1.54) is 7.11 Å². The van der Waals surface area contributed by atoms with Crippen LogP contribution in [0.5, 0.6) is 0 Å². The third kappa shape index (κ3) is 5.70. The van der Waals surface area contributed by atoms with Crippen LogP contribution in [0, 0.1) is 23.3 Å². The molecule has 7 heteroatoms. The first-order valence-electron chi connectivity index (χ1n) is 9.57. The van der Waals surface area contributed by atoms with Gasteiger partial charge in [0.25, 0.3) is 0 Å². The van der Waals surface area contributed by atoms with Gasteiger partial charge in [0.1, 0.15) is 19.6 Å². The van der Waals surface area contributed by atoms with Gasteiger partial charge in [-0.15, -0.1) is 5.54 Å². The van der Waals surface area contributed by atoms with Crippen LogP contribution in [0.2, 0.25) is 19.6 Å². The van der Waals surface area contributed by atoms with Crippen LogP contribution in [-0.2, 0) is 14.3 Å². The van der Waals surface area contributed by atoms with E-state index < -0.39 is 8.07 Å². The molecule has 1 fully saturated rings. The highest BCUT2D eigenvalue weighted by atomic mass is 28.3. The Hall–Kier alpha value is -2.07. The van der Waals surface area contributed by atoms with E-state index in [2.05, 4.69) is 41.1 Å². The third-order valence-electron chi connectivity index (χ3n) is 4.76. The number of hydrogen-bond acceptors (Lipinski definition) is 4. The molecule has 2 atom stereocenters. The molecule has 1 amide bonds. The molecule has 1 aliphatic rings. The number of likely N-dealkylation sites (tertiary alicyclic amines) is 1. The van der Waals surface area contributed by atoms with Crippen LogP contribution in [-0.4, -0.2) is 48.5 Å². The molecule has 2 heterocycles. The fourth-order valence-corrected chi connectivity index (χ4v) is 3.73. The van der Waals surface area contributed by atoms with Gasteiger partial charge in [-0.25, -0.2) is 4.98 Å². The minimum Gasteiger partial charge on any atom is -0.469 e. The number of ether oxygens (including phenoxy) is 1. The first-order valence-corrected chi connectivity index (χ1v) is 13.1. The minimum atomic E-state index is -1.46. The van der Waals surface area contributed by atoms with Crippen molar-refractivity contribution >= 4 is 20.0 Å². The zero-order chi connectivity index (χ0) is 20.2. The number of rotatable bonds is 5. The normalized spacial score (nSPS) is 18.2. The van der Waals surface area contributed by atoms with Crippen molar-refractivity contribution in [2.75, 3.05) is 13.7 Å². The standard InChI is InChI=1S/C20H31N3O3Si/c1-14(2)16(12-18(24)26-3)20(25)23-10-7-8-17(23)19-21-13-15(22-19)9-11-27(4,5)6/h13-14,16-17H,7-8,10,12H2,1-6H3,(H,21,22)/t16-,17-/m0/s1. The molecule has 1 aromatic rings. The van der Waals surface area contributed by atoms with Gasteiger partial charge in [-0.05, 0) is 18.8 Å². The van der Waals surface area contributed by atoms with Crippen molar-refractivity contribution in [1.82, 2.24) is 14.9 Å². The fourth-order valence-electron chi connectivity index (χ4n) is 3.22. The maximum Gasteiger partial charge on any atom is 0.306 e. The average Bonchev–Trinajstić information content (AvgIpc) is 3.24. The first kappa shape index (κ1) is 21.2. The maximum absolute atomic E-state index is 13.1. The van der Waals surface area contributed by atoms with Gasteiger partial charge >= 0.3 is 5.97 Å². The number of nitrogens with zero attached hydrogens (tertiary/aromatic N) is 2. The topological polar surface area (TPSA) is 75.3 Å². The number of esters is 1. The third-order valence-corrected chi connectivity index (χ3v) is 5.63. The highest BCUT2D eigenvalue weighted by molar-refractivity contribution is 6.83. The summed E-state index contributed by atoms with van der Waals surface area (Å²) in [6, 6.07) is -0.0844. The number of aromatic nitrogens is 2. The van der Waals surface area contributed by atoms with Crippen molar-refractivity contribution in [2.24, 2.45) is 11.8 Å². The quantitative estimate of drug-likeness (QED) is 0.477. The van der Waals surface area contributed by atoms with Crippen LogP contribution in [0.3, 0.4) is 0 Å². The molecular weight excluding hydrogens is 358 g/mol. The summed E-state index contributed by atoms with van der Waals surface area (Å²) < 4.78 is 4.77. The Labute approximate surface area is 163 Å². The number of imidazole rings is 1. The van der Waals surface area contributed by atoms with Crippen LogP contribution in [0.1, 0.15) is 50.7 Å². The Morgan fingerprint density at radius 3 is 2.70 bits per heavy atom. The predicted molar refractivity (Wildman–Crippen MR) is 107 cm³/mol. The zero-order valence-electron chi connectivity index (χ0n) is 17.3. The van der Waals surface area contributed by atoms with E-state index in [1.807, 2.05) is 18.7 Å². The lowest BCUT2D eigenvalue weighted by Gasteiger charge is -2.29. The number of H-pyrrole nitrogens is 1. The van der Waals surface area contributed by atoms with E-state index in [1.54, 1.807) is 6.20 Å². The second-order valence-electron chi connectivity index (χ2n) is 8.50. The molecule has 2 rings (SSSR count). The molecule has 148 valence electrons. The Balaban J connectivity index is 2.18. The second kappa shape index (κ2) is 8.74. The lowest BCUT2D eigenvalue weighted by Crippen LogP contribution is -2.39. The van der Waals surface area contributed by atoms with Gasteiger partial charge in [0.05, 0.1) is 31.7 Å². The van der Waals surface area contributed by atoms with Crippen molar-refractivity contribution in [2.45, 2.75) is 58.8 Å². The largest absolute Gasteiger partial charge is 0.469 e. The molecule has 0 aromatic carbocycles. The Kier molecular flexibility index (Phi) is 6.87. The van der Waals surface area contributed by atoms with Crippen molar-refractivity contribution < 1.29 is 14.3 Å². The highest BCUT2D eigenvalue weighted by Gasteiger charge is 2.37. The summed E-state index contributed by atoms with van der Waals surface area (Å²) >= 11 is 0. The molecule has 1 N–H and O–H groups in total. The Morgan fingerprint density at radius 1 is 1.41 bits per heavy atom. The summed E-state index contributed by atoms with van der Waals surface area (Å²) in [6.45, 7) is 11.2. The second-order valence-corrected chi connectivity index (χ2v) is 13.3. The summed E-state index contributed by atoms with van der Waals surface area (Å²) in [5.74, 6) is 3.30. The lowest BCUT2D eigenvalue weighted by molar-refractivity contribution is -0.148. The molecule has 1 aliphatic heterocycles. The lowest BCUT2D eigenvalue weighted by atomic mass is 9.91. The summed E-state index contributed by atoms with van der Waals surface area (Å²) in [5, 5.41) is 0. The monoisotopic (exact) mass is 389 g/mol. The fraction of sp³-hybridized carbons (Fsp3) is 0.650. The number of amides is 1. The molecule has 27 heavy (non-hydrogen) atoms. The summed E-state index contributed by atoms with van der Waals surface area (Å²) in [7, 11) is -0.102. The van der Waals surface area contributed by atoms with E-state index in [9.17, 15) is 9.59 Å². The summed E-state index contributed by atoms with van der Waals surface area (Å²) in [6.07, 6.45) is 3.65. The van der Waals surface area contributed by atoms with Crippen molar-refractivity contribution in [3.8, 4) is 11.5 Å². The molecule has 0 spiro atoms. The number of aromatic amines is 1. The number of hydrogen-bond donors (Lipinski definition) is 1. The highest BCUT2D eigenvalue weighted by Crippen LogP contribution is 2.33. The molecule has 1 saturated heterocycles. The van der Waals surface area contributed by atoms with E-state index in [0.29, 0.717) is 6.54 Å². The summed E-state index contributed by atoms with van der Waals surface area (Å²) in [4.78, 5) is 34.5. The molecular formula is C20H31N3O3Si. The van der Waals surface area contributed by atoms with Gasteiger partial charge in [0, 0.05) is 6.54 Å². The van der Waals surface area contributed by atoms with Gasteiger partial charge < -0.3 is 14.6 Å². The maximum atomic E-state index is 13.1. The van der Waals surface area contributed by atoms with E-state index in [-0.39, 0.29) is 36.2 Å². The van der Waals surface area contributed by atoms with Gasteiger partial charge in [0.15, 0.2) is 0 Å². The van der Waals surface area contributed by atoms with E-state index in [0.717, 1.165) is 24.4 Å². The molecule has 1 aromatic heterocycles. The van der Waals surface area contributed by atoms with Crippen molar-refractivity contribution in [3.05, 3.63) is 17.7 Å². The van der Waals surface area contributed by atoms with E-state index in [4.69, 9.17) is 4.74 Å². The average molecular weight is 390 g/mol. The number of carbonyl (C=O) groups excluding carboxylic acids is 2. The molecule has 0 saturated carbocycles. The van der Waals surface area contributed by atoms with Crippen LogP contribution >= 0.6 is 0 Å². The number of methoxy groups -OCH3 is 1. The van der Waals surface area contributed by atoms with Crippen molar-refractivity contribution in [3.63, 3.8) is 0 Å². The van der Waals surface area contributed by atoms with Crippen LogP contribution < -0.4 is 0 Å². The SMILES string of the molecule is COC(=O)C[C@H](C(=O)N1CCC[C@H]1c1ncc(C#C[Si](C)(C)C)[nH]1)C(C)C.